The molecule has 0 aliphatic heterocycles. The fourth-order valence-corrected chi connectivity index (χ4v) is 9.14. The summed E-state index contributed by atoms with van der Waals surface area (Å²) in [6.45, 7) is 0. The number of rotatable bonds is 4. The highest BCUT2D eigenvalue weighted by Crippen LogP contribution is 2.55. The molecular weight excluding hydrogens is 639 g/mol. The van der Waals surface area contributed by atoms with E-state index in [1.807, 2.05) is 29.5 Å². The van der Waals surface area contributed by atoms with Gasteiger partial charge in [-0.05, 0) is 67.6 Å². The molecule has 0 radical (unpaired) electrons. The van der Waals surface area contributed by atoms with Crippen molar-refractivity contribution in [2.75, 3.05) is 0 Å². The van der Waals surface area contributed by atoms with Gasteiger partial charge < -0.3 is 0 Å². The van der Waals surface area contributed by atoms with Crippen LogP contribution in [-0.4, -0.2) is 15.0 Å². The number of hydrogen-bond donors (Lipinski definition) is 0. The predicted molar refractivity (Wildman–Crippen MR) is 214 cm³/mol. The molecule has 2 aromatic heterocycles. The molecule has 0 unspecified atom stereocenters. The van der Waals surface area contributed by atoms with Gasteiger partial charge in [0.1, 0.15) is 0 Å². The molecular formula is C47H27N3S. The summed E-state index contributed by atoms with van der Waals surface area (Å²) in [5.41, 5.74) is 10.4. The summed E-state index contributed by atoms with van der Waals surface area (Å²) in [6.07, 6.45) is 0. The number of benzene rings is 8. The Morgan fingerprint density at radius 1 is 0.353 bits per heavy atom. The van der Waals surface area contributed by atoms with Crippen LogP contribution in [0.1, 0.15) is 0 Å². The van der Waals surface area contributed by atoms with Crippen LogP contribution in [0.4, 0.5) is 0 Å². The van der Waals surface area contributed by atoms with E-state index in [0.29, 0.717) is 17.5 Å². The van der Waals surface area contributed by atoms with E-state index in [1.54, 1.807) is 0 Å². The Morgan fingerprint density at radius 2 is 0.980 bits per heavy atom. The first-order valence-electron chi connectivity index (χ1n) is 17.2. The molecule has 3 nitrogen and oxygen atoms in total. The Balaban J connectivity index is 1.14. The molecule has 0 saturated heterocycles. The summed E-state index contributed by atoms with van der Waals surface area (Å²) >= 11 is 1.86. The molecule has 10 aromatic rings. The Morgan fingerprint density at radius 3 is 1.80 bits per heavy atom. The van der Waals surface area contributed by atoms with Gasteiger partial charge in [0.05, 0.1) is 0 Å². The standard InChI is InChI=1S/C47H27N3S/c1-2-11-31(12-3-1)45-48-46(32-23-20-29(21-24-32)34-25-22-28-10-4-5-13-33(28)26-34)50-47(49-45)39-27-38-35-17-8-14-30-15-9-18-37(41(30)35)43(38)44-42(39)36-16-6-7-19-40(36)51-44/h1-27H. The normalized spacial score (nSPS) is 11.9. The quantitative estimate of drug-likeness (QED) is 0.188. The zero-order valence-corrected chi connectivity index (χ0v) is 28.2. The van der Waals surface area contributed by atoms with E-state index in [1.165, 1.54) is 69.5 Å². The van der Waals surface area contributed by atoms with Crippen LogP contribution in [0.25, 0.3) is 109 Å². The molecule has 4 heteroatoms. The zero-order valence-electron chi connectivity index (χ0n) is 27.3. The molecule has 1 aliphatic carbocycles. The average Bonchev–Trinajstić information content (AvgIpc) is 3.75. The molecule has 0 spiro atoms. The second-order valence-corrected chi connectivity index (χ2v) is 14.2. The summed E-state index contributed by atoms with van der Waals surface area (Å²) in [4.78, 5) is 15.6. The number of hydrogen-bond acceptors (Lipinski definition) is 4. The second kappa shape index (κ2) is 11.0. The molecule has 2 heterocycles. The van der Waals surface area contributed by atoms with Crippen molar-refractivity contribution in [2.45, 2.75) is 0 Å². The minimum atomic E-state index is 0.655. The Hall–Kier alpha value is -6.49. The molecule has 51 heavy (non-hydrogen) atoms. The molecule has 0 saturated carbocycles. The Labute approximate surface area is 298 Å². The minimum absolute atomic E-state index is 0.655. The molecule has 0 atom stereocenters. The lowest BCUT2D eigenvalue weighted by Crippen LogP contribution is -2.00. The van der Waals surface area contributed by atoms with E-state index < -0.39 is 0 Å². The van der Waals surface area contributed by atoms with Gasteiger partial charge in [0.25, 0.3) is 0 Å². The van der Waals surface area contributed by atoms with Gasteiger partial charge in [0, 0.05) is 42.4 Å². The van der Waals surface area contributed by atoms with E-state index in [0.717, 1.165) is 22.3 Å². The maximum absolute atomic E-state index is 5.29. The summed E-state index contributed by atoms with van der Waals surface area (Å²) < 4.78 is 2.53. The Kier molecular flexibility index (Phi) is 6.12. The highest BCUT2D eigenvalue weighted by molar-refractivity contribution is 7.26. The third kappa shape index (κ3) is 4.40. The van der Waals surface area contributed by atoms with E-state index in [2.05, 4.69) is 146 Å². The monoisotopic (exact) mass is 665 g/mol. The molecule has 11 rings (SSSR count). The molecule has 236 valence electrons. The fourth-order valence-electron chi connectivity index (χ4n) is 7.85. The van der Waals surface area contributed by atoms with Crippen molar-refractivity contribution >= 4 is 53.1 Å². The lowest BCUT2D eigenvalue weighted by atomic mass is 9.96. The van der Waals surface area contributed by atoms with Crippen molar-refractivity contribution in [3.63, 3.8) is 0 Å². The van der Waals surface area contributed by atoms with Crippen molar-refractivity contribution in [3.05, 3.63) is 164 Å². The van der Waals surface area contributed by atoms with Crippen LogP contribution in [0, 0.1) is 0 Å². The lowest BCUT2D eigenvalue weighted by molar-refractivity contribution is 1.08. The van der Waals surface area contributed by atoms with Crippen LogP contribution >= 0.6 is 11.3 Å². The number of aromatic nitrogens is 3. The van der Waals surface area contributed by atoms with Crippen molar-refractivity contribution in [2.24, 2.45) is 0 Å². The van der Waals surface area contributed by atoms with E-state index in [9.17, 15) is 0 Å². The topological polar surface area (TPSA) is 38.7 Å². The van der Waals surface area contributed by atoms with Crippen LogP contribution in [0.5, 0.6) is 0 Å². The van der Waals surface area contributed by atoms with Crippen LogP contribution in [0.15, 0.2) is 164 Å². The van der Waals surface area contributed by atoms with Gasteiger partial charge in [0.2, 0.25) is 0 Å². The van der Waals surface area contributed by atoms with Gasteiger partial charge in [0.15, 0.2) is 17.5 Å². The first kappa shape index (κ1) is 28.4. The number of nitrogens with zero attached hydrogens (tertiary/aromatic N) is 3. The van der Waals surface area contributed by atoms with E-state index in [4.69, 9.17) is 15.0 Å². The summed E-state index contributed by atoms with van der Waals surface area (Å²) in [7, 11) is 0. The second-order valence-electron chi connectivity index (χ2n) is 13.2. The molecule has 0 fully saturated rings. The van der Waals surface area contributed by atoms with Crippen molar-refractivity contribution in [3.8, 4) is 67.5 Å². The smallest absolute Gasteiger partial charge is 0.164 e. The third-order valence-electron chi connectivity index (χ3n) is 10.2. The minimum Gasteiger partial charge on any atom is -0.208 e. The largest absolute Gasteiger partial charge is 0.208 e. The van der Waals surface area contributed by atoms with Crippen molar-refractivity contribution in [1.29, 1.82) is 0 Å². The predicted octanol–water partition coefficient (Wildman–Crippen LogP) is 12.9. The number of fused-ring (bicyclic) bond motifs is 8. The lowest BCUT2D eigenvalue weighted by Gasteiger charge is -2.13. The summed E-state index contributed by atoms with van der Waals surface area (Å²) in [5.74, 6) is 1.99. The molecule has 8 aromatic carbocycles. The summed E-state index contributed by atoms with van der Waals surface area (Å²) in [6, 6.07) is 58.3. The van der Waals surface area contributed by atoms with Crippen molar-refractivity contribution in [1.82, 2.24) is 15.0 Å². The molecule has 0 N–H and O–H groups in total. The van der Waals surface area contributed by atoms with Gasteiger partial charge in [-0.15, -0.1) is 11.3 Å². The Bertz CT molecular complexity index is 3010. The molecule has 1 aliphatic rings. The van der Waals surface area contributed by atoms with Crippen LogP contribution in [0.2, 0.25) is 0 Å². The first-order chi connectivity index (χ1) is 25.3. The average molecular weight is 666 g/mol. The van der Waals surface area contributed by atoms with Crippen LogP contribution in [0.3, 0.4) is 0 Å². The number of thiophene rings is 1. The SMILES string of the molecule is c1ccc(-c2nc(-c3ccc(-c4ccc5ccccc5c4)cc3)nc(-c3cc4c(c5sc6ccccc6c35)-c3cccc5cccc-4c35)n2)cc1. The van der Waals surface area contributed by atoms with Gasteiger partial charge in [-0.2, -0.15) is 0 Å². The fraction of sp³-hybridized carbons (Fsp3) is 0. The van der Waals surface area contributed by atoms with Gasteiger partial charge in [-0.3, -0.25) is 0 Å². The summed E-state index contributed by atoms with van der Waals surface area (Å²) in [5, 5.41) is 7.47. The van der Waals surface area contributed by atoms with E-state index in [-0.39, 0.29) is 0 Å². The molecule has 0 bridgehead atoms. The maximum atomic E-state index is 5.29. The highest BCUT2D eigenvalue weighted by Gasteiger charge is 2.28. The van der Waals surface area contributed by atoms with Gasteiger partial charge in [-0.25, -0.2) is 15.0 Å². The van der Waals surface area contributed by atoms with Crippen LogP contribution in [-0.2, 0) is 0 Å². The van der Waals surface area contributed by atoms with Crippen molar-refractivity contribution < 1.29 is 0 Å². The van der Waals surface area contributed by atoms with Crippen LogP contribution < -0.4 is 0 Å². The molecule has 0 amide bonds. The van der Waals surface area contributed by atoms with E-state index >= 15 is 0 Å². The zero-order chi connectivity index (χ0) is 33.5. The maximum Gasteiger partial charge on any atom is 0.164 e. The van der Waals surface area contributed by atoms with Gasteiger partial charge in [-0.1, -0.05) is 146 Å². The third-order valence-corrected chi connectivity index (χ3v) is 11.4. The highest BCUT2D eigenvalue weighted by atomic mass is 32.1. The van der Waals surface area contributed by atoms with Gasteiger partial charge >= 0.3 is 0 Å². The first-order valence-corrected chi connectivity index (χ1v) is 18.0.